The fourth-order valence-corrected chi connectivity index (χ4v) is 11.1. The molecule has 8 rings (SSSR count). The number of amides is 3. The molecule has 326 valence electrons. The predicted octanol–water partition coefficient (Wildman–Crippen LogP) is 6.72. The minimum atomic E-state index is -3.92. The summed E-state index contributed by atoms with van der Waals surface area (Å²) in [5.41, 5.74) is 1.83. The molecule has 16 heteroatoms. The molecule has 4 aliphatic rings. The highest BCUT2D eigenvalue weighted by molar-refractivity contribution is 7.91. The van der Waals surface area contributed by atoms with E-state index in [0.717, 1.165) is 43.4 Å². The smallest absolute Gasteiger partial charge is 0.264 e. The van der Waals surface area contributed by atoms with E-state index in [9.17, 15) is 23.3 Å². The summed E-state index contributed by atoms with van der Waals surface area (Å²) in [5.74, 6) is -0.826. The number of ether oxygens (including phenoxy) is 3. The molecule has 3 aliphatic carbocycles. The number of likely N-dealkylation sites (tertiary alicyclic amines) is 1. The van der Waals surface area contributed by atoms with E-state index < -0.39 is 62.7 Å². The van der Waals surface area contributed by atoms with Gasteiger partial charge in [0.25, 0.3) is 11.8 Å². The van der Waals surface area contributed by atoms with E-state index in [-0.39, 0.29) is 31.2 Å². The van der Waals surface area contributed by atoms with Crippen LogP contribution in [0.1, 0.15) is 94.4 Å². The van der Waals surface area contributed by atoms with Gasteiger partial charge >= 0.3 is 0 Å². The van der Waals surface area contributed by atoms with Gasteiger partial charge in [-0.15, -0.1) is 17.9 Å². The van der Waals surface area contributed by atoms with Crippen molar-refractivity contribution in [3.63, 3.8) is 0 Å². The number of pyridine rings is 1. The fraction of sp³-hybridized carbons (Fsp3) is 0.478. The van der Waals surface area contributed by atoms with Gasteiger partial charge < -0.3 is 24.4 Å². The number of sulfonamides is 1. The molecule has 4 aromatic rings. The van der Waals surface area contributed by atoms with Crippen molar-refractivity contribution in [1.29, 1.82) is 5.26 Å². The summed E-state index contributed by atoms with van der Waals surface area (Å²) in [6.07, 6.45) is 5.31. The Balaban J connectivity index is 1.15. The van der Waals surface area contributed by atoms with Crippen LogP contribution in [0.2, 0.25) is 0 Å². The molecular formula is C46H52N6O8S2. The second-order valence-electron chi connectivity index (χ2n) is 17.3. The van der Waals surface area contributed by atoms with Crippen LogP contribution in [0.25, 0.3) is 21.6 Å². The van der Waals surface area contributed by atoms with Crippen molar-refractivity contribution in [3.05, 3.63) is 77.3 Å². The number of hydrogen-bond donors (Lipinski definition) is 2. The standard InChI is InChI=1S/C46H52N6O8S2/c1-6-30-22-46(30,45(55)51-62(56,57)33-15-16-33)50-42(53)37-20-32(24-52(37)44(54)41(29-12-8-7-9-13-29)60-31-14-10-11-28(19-31)23-47)59-39-21-35(43-49-36(25-61-43)26(2)3)48-40-27(4)38(58-5)18-17-34(39)40/h6,10-11,14,17-19,21,25-26,29-30,32-33,37,41H,1,7-9,12-13,15-16,20,22,24H2,2-5H3,(H,50,53)(H,51,55)/t30-,32-,37+,41+,46-/m1/s1. The van der Waals surface area contributed by atoms with Crippen molar-refractivity contribution in [1.82, 2.24) is 24.9 Å². The van der Waals surface area contributed by atoms with Crippen LogP contribution in [0.5, 0.6) is 17.2 Å². The molecule has 0 radical (unpaired) electrons. The molecule has 0 spiro atoms. The average Bonchev–Trinajstić information content (AvgIpc) is 4.15. The lowest BCUT2D eigenvalue weighted by molar-refractivity contribution is -0.147. The van der Waals surface area contributed by atoms with Crippen LogP contribution in [0.15, 0.2) is 60.5 Å². The number of hydrogen-bond acceptors (Lipinski definition) is 12. The van der Waals surface area contributed by atoms with E-state index in [1.165, 1.54) is 22.3 Å². The highest BCUT2D eigenvalue weighted by atomic mass is 32.2. The normalized spacial score (nSPS) is 23.0. The van der Waals surface area contributed by atoms with Crippen molar-refractivity contribution >= 4 is 50.0 Å². The topological polar surface area (TPSA) is 190 Å². The number of aryl methyl sites for hydroxylation is 1. The Kier molecular flexibility index (Phi) is 12.1. The summed E-state index contributed by atoms with van der Waals surface area (Å²) in [5, 5.41) is 15.3. The Morgan fingerprint density at radius 2 is 1.84 bits per heavy atom. The molecule has 0 bridgehead atoms. The first-order valence-corrected chi connectivity index (χ1v) is 23.8. The van der Waals surface area contributed by atoms with Crippen LogP contribution in [0.4, 0.5) is 0 Å². The third kappa shape index (κ3) is 8.61. The summed E-state index contributed by atoms with van der Waals surface area (Å²) >= 11 is 1.48. The molecular weight excluding hydrogens is 829 g/mol. The fourth-order valence-electron chi connectivity index (χ4n) is 8.78. The van der Waals surface area contributed by atoms with E-state index in [1.54, 1.807) is 31.4 Å². The number of nitrogens with zero attached hydrogens (tertiary/aromatic N) is 4. The zero-order chi connectivity index (χ0) is 43.9. The van der Waals surface area contributed by atoms with E-state index in [1.807, 2.05) is 30.5 Å². The summed E-state index contributed by atoms with van der Waals surface area (Å²) in [6, 6.07) is 13.2. The molecule has 1 saturated heterocycles. The number of nitrogens with one attached hydrogen (secondary N) is 2. The molecule has 62 heavy (non-hydrogen) atoms. The van der Waals surface area contributed by atoms with Gasteiger partial charge in [0.15, 0.2) is 6.10 Å². The second kappa shape index (κ2) is 17.3. The van der Waals surface area contributed by atoms with Crippen molar-refractivity contribution in [2.75, 3.05) is 13.7 Å². The van der Waals surface area contributed by atoms with Crippen molar-refractivity contribution < 1.29 is 37.0 Å². The van der Waals surface area contributed by atoms with Gasteiger partial charge in [-0.25, -0.2) is 18.4 Å². The lowest BCUT2D eigenvalue weighted by atomic mass is 9.84. The molecule has 3 amide bonds. The van der Waals surface area contributed by atoms with Gasteiger partial charge in [0.2, 0.25) is 15.9 Å². The van der Waals surface area contributed by atoms with Crippen LogP contribution < -0.4 is 24.2 Å². The van der Waals surface area contributed by atoms with Crippen LogP contribution in [-0.2, 0) is 24.4 Å². The summed E-state index contributed by atoms with van der Waals surface area (Å²) in [6.45, 7) is 9.92. The lowest BCUT2D eigenvalue weighted by Crippen LogP contribution is -2.58. The second-order valence-corrected chi connectivity index (χ2v) is 20.1. The van der Waals surface area contributed by atoms with Gasteiger partial charge in [-0.3, -0.25) is 19.1 Å². The van der Waals surface area contributed by atoms with Crippen molar-refractivity contribution in [2.45, 2.75) is 114 Å². The largest absolute Gasteiger partial charge is 0.496 e. The number of rotatable bonds is 15. The molecule has 2 N–H and O–H groups in total. The number of carbonyl (C=O) groups excluding carboxylic acids is 3. The van der Waals surface area contributed by atoms with Gasteiger partial charge in [0, 0.05) is 40.7 Å². The molecule has 0 unspecified atom stereocenters. The SMILES string of the molecule is C=C[C@@H]1C[C@]1(NC(=O)[C@@H]1C[C@@H](Oc2cc(-c3nc(C(C)C)cs3)nc3c(C)c(OC)ccc23)CN1C(=O)[C@@H](Oc1cccc(C#N)c1)C1CCCCC1)C(=O)NS(=O)(=O)C1CC1. The van der Waals surface area contributed by atoms with E-state index >= 15 is 4.79 Å². The Morgan fingerprint density at radius 3 is 2.50 bits per heavy atom. The van der Waals surface area contributed by atoms with Crippen LogP contribution >= 0.6 is 11.3 Å². The first-order chi connectivity index (χ1) is 29.7. The highest BCUT2D eigenvalue weighted by Crippen LogP contribution is 2.46. The Hall–Kier alpha value is -5.53. The molecule has 3 saturated carbocycles. The van der Waals surface area contributed by atoms with E-state index in [4.69, 9.17) is 24.2 Å². The van der Waals surface area contributed by atoms with Gasteiger partial charge in [-0.2, -0.15) is 5.26 Å². The number of carbonyl (C=O) groups is 3. The Morgan fingerprint density at radius 1 is 1.06 bits per heavy atom. The summed E-state index contributed by atoms with van der Waals surface area (Å²) < 4.78 is 47.1. The molecule has 2 aromatic carbocycles. The van der Waals surface area contributed by atoms with Crippen molar-refractivity contribution in [2.24, 2.45) is 11.8 Å². The maximum atomic E-state index is 15.1. The maximum Gasteiger partial charge on any atom is 0.264 e. The predicted molar refractivity (Wildman–Crippen MR) is 234 cm³/mol. The molecule has 4 fully saturated rings. The summed E-state index contributed by atoms with van der Waals surface area (Å²) in [4.78, 5) is 55.0. The van der Waals surface area contributed by atoms with Gasteiger partial charge in [-0.05, 0) is 75.3 Å². The molecule has 2 aromatic heterocycles. The third-order valence-corrected chi connectivity index (χ3v) is 15.3. The Labute approximate surface area is 366 Å². The zero-order valence-electron chi connectivity index (χ0n) is 35.4. The number of fused-ring (bicyclic) bond motifs is 1. The van der Waals surface area contributed by atoms with E-state index in [0.29, 0.717) is 57.3 Å². The maximum absolute atomic E-state index is 15.1. The third-order valence-electron chi connectivity index (χ3n) is 12.6. The number of thiazole rings is 1. The van der Waals surface area contributed by atoms with Crippen molar-refractivity contribution in [3.8, 4) is 34.0 Å². The summed E-state index contributed by atoms with van der Waals surface area (Å²) in [7, 11) is -2.32. The monoisotopic (exact) mass is 880 g/mol. The van der Waals surface area contributed by atoms with E-state index in [2.05, 4.69) is 36.5 Å². The number of aromatic nitrogens is 2. The highest BCUT2D eigenvalue weighted by Gasteiger charge is 2.62. The molecule has 14 nitrogen and oxygen atoms in total. The van der Waals surface area contributed by atoms with Gasteiger partial charge in [0.05, 0.1) is 41.7 Å². The average molecular weight is 881 g/mol. The van der Waals surface area contributed by atoms with Gasteiger partial charge in [0.1, 0.15) is 45.6 Å². The number of methoxy groups -OCH3 is 1. The molecule has 5 atom stereocenters. The number of benzene rings is 2. The zero-order valence-corrected chi connectivity index (χ0v) is 37.0. The minimum Gasteiger partial charge on any atom is -0.496 e. The lowest BCUT2D eigenvalue weighted by Gasteiger charge is -2.34. The first kappa shape index (κ1) is 43.1. The van der Waals surface area contributed by atoms with Crippen LogP contribution in [0, 0.1) is 30.1 Å². The van der Waals surface area contributed by atoms with Gasteiger partial charge in [-0.1, -0.05) is 45.3 Å². The van der Waals surface area contributed by atoms with Crippen LogP contribution in [0.3, 0.4) is 0 Å². The Bertz CT molecular complexity index is 2560. The minimum absolute atomic E-state index is 0.00487. The van der Waals surface area contributed by atoms with Crippen LogP contribution in [-0.4, -0.2) is 83.7 Å². The molecule has 1 aliphatic heterocycles. The molecule has 3 heterocycles. The quantitative estimate of drug-likeness (QED) is 0.121. The first-order valence-electron chi connectivity index (χ1n) is 21.3. The number of nitriles is 1.